The molecule has 1 aromatic carbocycles. The number of hydrogen-bond donors (Lipinski definition) is 3. The molecule has 0 radical (unpaired) electrons. The second-order valence-electron chi connectivity index (χ2n) is 13.3. The summed E-state index contributed by atoms with van der Waals surface area (Å²) in [4.78, 5) is 45.9. The number of thiophene rings is 1. The van der Waals surface area contributed by atoms with E-state index in [0.717, 1.165) is 55.4 Å². The number of nitrogens with one attached hydrogen (secondary N) is 2. The number of nitrogen functional groups attached to an aromatic ring is 1. The molecular formula is C33H42BrF3N6O3S. The fraction of sp³-hybridized carbons (Fsp3) is 0.606. The van der Waals surface area contributed by atoms with Gasteiger partial charge in [-0.05, 0) is 115 Å². The van der Waals surface area contributed by atoms with Crippen LogP contribution >= 0.6 is 27.3 Å². The number of fused-ring (bicyclic) bond motifs is 1. The number of urea groups is 1. The number of nitrogens with two attached hydrogens (primary N) is 1. The lowest BCUT2D eigenvalue weighted by atomic mass is 9.79. The molecule has 0 bridgehead atoms. The molecule has 0 unspecified atom stereocenters. The van der Waals surface area contributed by atoms with Crippen molar-refractivity contribution < 1.29 is 27.6 Å². The highest BCUT2D eigenvalue weighted by Crippen LogP contribution is 2.39. The van der Waals surface area contributed by atoms with Crippen molar-refractivity contribution in [2.75, 3.05) is 50.3 Å². The number of piperidine rings is 3. The zero-order valence-corrected chi connectivity index (χ0v) is 28.7. The summed E-state index contributed by atoms with van der Waals surface area (Å²) in [5.74, 6) is 0.00984. The number of alkyl halides is 3. The third-order valence-electron chi connectivity index (χ3n) is 10.5. The largest absolute Gasteiger partial charge is 0.418 e. The van der Waals surface area contributed by atoms with Gasteiger partial charge in [0.2, 0.25) is 11.8 Å². The number of rotatable bonds is 7. The fourth-order valence-electron chi connectivity index (χ4n) is 7.78. The highest BCUT2D eigenvalue weighted by Gasteiger charge is 2.38. The van der Waals surface area contributed by atoms with Gasteiger partial charge in [0.05, 0.1) is 23.7 Å². The molecule has 4 aliphatic heterocycles. The Balaban J connectivity index is 1.13. The van der Waals surface area contributed by atoms with Crippen molar-refractivity contribution in [3.63, 3.8) is 0 Å². The van der Waals surface area contributed by atoms with Gasteiger partial charge < -0.3 is 25.8 Å². The Hall–Kier alpha value is -2.84. The molecule has 4 aliphatic rings. The van der Waals surface area contributed by atoms with Crippen LogP contribution in [0.25, 0.3) is 0 Å². The first-order chi connectivity index (χ1) is 22.5. The van der Waals surface area contributed by atoms with Crippen molar-refractivity contribution in [1.29, 1.82) is 0 Å². The zero-order chi connectivity index (χ0) is 33.3. The Labute approximate surface area is 285 Å². The number of benzene rings is 1. The zero-order valence-electron chi connectivity index (χ0n) is 26.3. The normalized spacial score (nSPS) is 21.0. The summed E-state index contributed by atoms with van der Waals surface area (Å²) in [6.07, 6.45) is 0.532. The standard InChI is InChI=1S/C33H42BrF3N6O3S/c34-27-17-20(16-26(29(27)38)33(35,36)37)15-24(31(45)42-10-3-22(4-11-42)21-1-8-39-9-2-21)18-28(44)41-12-5-25(6-13-41)43-19-23-7-14-47-30(23)40-32(43)46/h7,14,16-17,21-22,24-25,39H,1-6,8-13,15,18-19,38H2,(H,40,46)/t24-/m0/s1. The third-order valence-corrected chi connectivity index (χ3v) is 12.0. The summed E-state index contributed by atoms with van der Waals surface area (Å²) >= 11 is 4.67. The van der Waals surface area contributed by atoms with Crippen molar-refractivity contribution in [2.45, 2.75) is 70.1 Å². The van der Waals surface area contributed by atoms with E-state index in [4.69, 9.17) is 5.73 Å². The summed E-state index contributed by atoms with van der Waals surface area (Å²) in [6.45, 7) is 4.63. The predicted octanol–water partition coefficient (Wildman–Crippen LogP) is 5.94. The van der Waals surface area contributed by atoms with E-state index in [1.807, 2.05) is 21.2 Å². The number of hydrogen-bond acceptors (Lipinski definition) is 6. The Morgan fingerprint density at radius 2 is 1.66 bits per heavy atom. The van der Waals surface area contributed by atoms with E-state index in [1.165, 1.54) is 17.4 Å². The average molecular weight is 740 g/mol. The molecule has 3 saturated heterocycles. The molecule has 0 aliphatic carbocycles. The molecule has 1 aromatic heterocycles. The minimum Gasteiger partial charge on any atom is -0.397 e. The summed E-state index contributed by atoms with van der Waals surface area (Å²) in [5.41, 5.74) is 5.78. The van der Waals surface area contributed by atoms with E-state index in [-0.39, 0.29) is 41.2 Å². The van der Waals surface area contributed by atoms with Gasteiger partial charge in [-0.1, -0.05) is 0 Å². The summed E-state index contributed by atoms with van der Waals surface area (Å²) < 4.78 is 41.6. The maximum atomic E-state index is 14.0. The summed E-state index contributed by atoms with van der Waals surface area (Å²) in [5, 5.41) is 9.19. The lowest BCUT2D eigenvalue weighted by Gasteiger charge is -2.41. The van der Waals surface area contributed by atoms with E-state index >= 15 is 0 Å². The van der Waals surface area contributed by atoms with Gasteiger partial charge in [-0.3, -0.25) is 14.9 Å². The van der Waals surface area contributed by atoms with Crippen LogP contribution in [-0.2, 0) is 28.7 Å². The van der Waals surface area contributed by atoms with Gasteiger partial charge in [-0.2, -0.15) is 13.2 Å². The third kappa shape index (κ3) is 7.75. The first kappa shape index (κ1) is 34.0. The molecule has 47 heavy (non-hydrogen) atoms. The van der Waals surface area contributed by atoms with Crippen LogP contribution in [0.15, 0.2) is 28.1 Å². The number of nitrogens with zero attached hydrogens (tertiary/aromatic N) is 3. The van der Waals surface area contributed by atoms with Gasteiger partial charge in [-0.25, -0.2) is 4.79 Å². The van der Waals surface area contributed by atoms with Crippen LogP contribution in [0.3, 0.4) is 0 Å². The first-order valence-corrected chi connectivity index (χ1v) is 18.2. The van der Waals surface area contributed by atoms with Gasteiger partial charge in [0, 0.05) is 48.7 Å². The Morgan fingerprint density at radius 1 is 1.00 bits per heavy atom. The lowest BCUT2D eigenvalue weighted by Crippen LogP contribution is -2.51. The Morgan fingerprint density at radius 3 is 2.34 bits per heavy atom. The van der Waals surface area contributed by atoms with Gasteiger partial charge in [-0.15, -0.1) is 11.3 Å². The second-order valence-corrected chi connectivity index (χ2v) is 15.1. The lowest BCUT2D eigenvalue weighted by molar-refractivity contribution is -0.143. The highest BCUT2D eigenvalue weighted by atomic mass is 79.9. The molecule has 14 heteroatoms. The molecule has 3 fully saturated rings. The van der Waals surface area contributed by atoms with E-state index < -0.39 is 23.3 Å². The van der Waals surface area contributed by atoms with Gasteiger partial charge >= 0.3 is 12.2 Å². The molecule has 1 atom stereocenters. The van der Waals surface area contributed by atoms with Crippen LogP contribution in [0.2, 0.25) is 0 Å². The Kier molecular flexibility index (Phi) is 10.4. The number of carbonyl (C=O) groups is 3. The molecule has 0 spiro atoms. The molecule has 9 nitrogen and oxygen atoms in total. The van der Waals surface area contributed by atoms with Crippen LogP contribution in [-0.4, -0.2) is 77.9 Å². The SMILES string of the molecule is Nc1c(Br)cc(C[C@@H](CC(=O)N2CCC(N3Cc4ccsc4NC3=O)CC2)C(=O)N2CCC(C3CCNCC3)CC2)cc1C(F)(F)F. The fourth-order valence-corrected chi connectivity index (χ4v) is 9.08. The molecule has 256 valence electrons. The van der Waals surface area contributed by atoms with Crippen molar-refractivity contribution in [3.8, 4) is 0 Å². The predicted molar refractivity (Wildman–Crippen MR) is 179 cm³/mol. The smallest absolute Gasteiger partial charge is 0.397 e. The van der Waals surface area contributed by atoms with E-state index in [1.54, 1.807) is 4.90 Å². The average Bonchev–Trinajstić information content (AvgIpc) is 3.52. The van der Waals surface area contributed by atoms with Crippen molar-refractivity contribution in [1.82, 2.24) is 20.0 Å². The van der Waals surface area contributed by atoms with Crippen LogP contribution in [0.1, 0.15) is 61.6 Å². The quantitative estimate of drug-likeness (QED) is 0.305. The van der Waals surface area contributed by atoms with Crippen molar-refractivity contribution in [3.05, 3.63) is 44.7 Å². The van der Waals surface area contributed by atoms with E-state index in [9.17, 15) is 27.6 Å². The van der Waals surface area contributed by atoms with Gasteiger partial charge in [0.1, 0.15) is 5.00 Å². The van der Waals surface area contributed by atoms with E-state index in [0.29, 0.717) is 63.0 Å². The highest BCUT2D eigenvalue weighted by molar-refractivity contribution is 9.10. The monoisotopic (exact) mass is 738 g/mol. The molecule has 6 rings (SSSR count). The van der Waals surface area contributed by atoms with Crippen molar-refractivity contribution in [2.24, 2.45) is 17.8 Å². The van der Waals surface area contributed by atoms with Crippen LogP contribution in [0.5, 0.6) is 0 Å². The maximum absolute atomic E-state index is 14.0. The van der Waals surface area contributed by atoms with Gasteiger partial charge in [0.15, 0.2) is 0 Å². The number of amides is 4. The van der Waals surface area contributed by atoms with Crippen molar-refractivity contribution >= 4 is 55.8 Å². The minimum absolute atomic E-state index is 0.00581. The summed E-state index contributed by atoms with van der Waals surface area (Å²) in [7, 11) is 0. The topological polar surface area (TPSA) is 111 Å². The number of likely N-dealkylation sites (tertiary alicyclic amines) is 2. The van der Waals surface area contributed by atoms with Crippen LogP contribution < -0.4 is 16.4 Å². The van der Waals surface area contributed by atoms with Gasteiger partial charge in [0.25, 0.3) is 0 Å². The molecular weight excluding hydrogens is 697 g/mol. The Bertz CT molecular complexity index is 1470. The first-order valence-electron chi connectivity index (χ1n) is 16.5. The number of anilines is 2. The van der Waals surface area contributed by atoms with Crippen LogP contribution in [0.4, 0.5) is 28.7 Å². The summed E-state index contributed by atoms with van der Waals surface area (Å²) in [6, 6.07) is 4.38. The molecule has 5 heterocycles. The molecule has 4 N–H and O–H groups in total. The number of halogens is 4. The maximum Gasteiger partial charge on any atom is 0.418 e. The second kappa shape index (κ2) is 14.3. The molecule has 2 aromatic rings. The molecule has 0 saturated carbocycles. The minimum atomic E-state index is -4.66. The molecule has 4 amide bonds. The van der Waals surface area contributed by atoms with Crippen LogP contribution in [0, 0.1) is 17.8 Å². The van der Waals surface area contributed by atoms with E-state index in [2.05, 4.69) is 26.6 Å². The number of carbonyl (C=O) groups excluding carboxylic acids is 3.